The summed E-state index contributed by atoms with van der Waals surface area (Å²) in [7, 11) is 2.21. The minimum absolute atomic E-state index is 0.289. The first-order chi connectivity index (χ1) is 30.3. The van der Waals surface area contributed by atoms with E-state index in [1.54, 1.807) is 0 Å². The molecule has 0 N–H and O–H groups in total. The van der Waals surface area contributed by atoms with E-state index in [9.17, 15) is 0 Å². The van der Waals surface area contributed by atoms with Gasteiger partial charge in [0.1, 0.15) is 0 Å². The number of benzene rings is 8. The Hall–Kier alpha value is -6.90. The molecule has 0 amide bonds. The summed E-state index contributed by atoms with van der Waals surface area (Å²) in [6.07, 6.45) is 8.80. The number of hydrogen-bond donors (Lipinski definition) is 0. The monoisotopic (exact) mass is 800 g/mol. The number of nitrogens with zero attached hydrogens (tertiary/aromatic N) is 2. The van der Waals surface area contributed by atoms with Crippen LogP contribution in [0.15, 0.2) is 176 Å². The van der Waals surface area contributed by atoms with E-state index in [2.05, 4.69) is 227 Å². The molecule has 0 spiro atoms. The molecule has 2 aliphatic rings. The van der Waals surface area contributed by atoms with Gasteiger partial charge in [-0.05, 0) is 134 Å². The summed E-state index contributed by atoms with van der Waals surface area (Å²) >= 11 is 0. The lowest BCUT2D eigenvalue weighted by Crippen LogP contribution is -2.18. The first-order valence-electron chi connectivity index (χ1n) is 22.5. The normalized spacial score (nSPS) is 15.1. The molecule has 1 atom stereocenters. The highest BCUT2D eigenvalue weighted by molar-refractivity contribution is 6.13. The Morgan fingerprint density at radius 1 is 0.629 bits per heavy atom. The number of fused-ring (bicyclic) bond motifs is 11. The first-order valence-corrected chi connectivity index (χ1v) is 22.5. The van der Waals surface area contributed by atoms with Crippen molar-refractivity contribution in [2.75, 3.05) is 4.90 Å². The fraction of sp³-hybridized carbons (Fsp3) is 0.167. The van der Waals surface area contributed by atoms with Crippen LogP contribution in [0.2, 0.25) is 0 Å². The second-order valence-electron chi connectivity index (χ2n) is 17.8. The van der Waals surface area contributed by atoms with Gasteiger partial charge in [-0.3, -0.25) is 0 Å². The van der Waals surface area contributed by atoms with Gasteiger partial charge < -0.3 is 9.47 Å². The van der Waals surface area contributed by atoms with Crippen molar-refractivity contribution in [3.05, 3.63) is 204 Å². The van der Waals surface area contributed by atoms with E-state index in [0.717, 1.165) is 18.5 Å². The molecule has 0 fully saturated rings. The molecule has 8 aromatic carbocycles. The predicted molar refractivity (Wildman–Crippen MR) is 266 cm³/mol. The highest BCUT2D eigenvalue weighted by Crippen LogP contribution is 2.59. The molecule has 0 aliphatic heterocycles. The minimum Gasteiger partial charge on any atom is -0.344 e. The van der Waals surface area contributed by atoms with Crippen molar-refractivity contribution in [2.24, 2.45) is 7.05 Å². The van der Waals surface area contributed by atoms with Crippen molar-refractivity contribution in [1.29, 1.82) is 0 Å². The van der Waals surface area contributed by atoms with Crippen molar-refractivity contribution < 1.29 is 0 Å². The van der Waals surface area contributed by atoms with Gasteiger partial charge in [-0.25, -0.2) is 0 Å². The van der Waals surface area contributed by atoms with Crippen LogP contribution in [-0.2, 0) is 12.5 Å². The van der Waals surface area contributed by atoms with Crippen molar-refractivity contribution in [2.45, 2.75) is 58.8 Å². The van der Waals surface area contributed by atoms with Gasteiger partial charge in [0.15, 0.2) is 0 Å². The maximum Gasteiger partial charge on any atom is 0.0543 e. The number of anilines is 3. The topological polar surface area (TPSA) is 8.17 Å². The quantitative estimate of drug-likeness (QED) is 0.139. The Bertz CT molecular complexity index is 3320. The number of aryl methyl sites for hydroxylation is 1. The Kier molecular flexibility index (Phi) is 8.98. The molecule has 0 saturated carbocycles. The minimum atomic E-state index is -0.297. The third-order valence-corrected chi connectivity index (χ3v) is 14.0. The molecule has 0 radical (unpaired) electrons. The average molecular weight is 801 g/mol. The Balaban J connectivity index is 1.23. The second-order valence-corrected chi connectivity index (χ2v) is 17.8. The van der Waals surface area contributed by atoms with Crippen LogP contribution in [-0.4, -0.2) is 4.57 Å². The summed E-state index contributed by atoms with van der Waals surface area (Å²) in [5.41, 5.74) is 21.9. The Morgan fingerprint density at radius 3 is 2.11 bits per heavy atom. The molecule has 62 heavy (non-hydrogen) atoms. The summed E-state index contributed by atoms with van der Waals surface area (Å²) in [6.45, 7) is 11.6. The Labute approximate surface area is 366 Å². The highest BCUT2D eigenvalue weighted by Gasteiger charge is 2.41. The van der Waals surface area contributed by atoms with Crippen LogP contribution in [0.1, 0.15) is 81.2 Å². The van der Waals surface area contributed by atoms with Crippen LogP contribution in [0.25, 0.3) is 71.5 Å². The lowest BCUT2D eigenvalue weighted by atomic mass is 9.77. The third kappa shape index (κ3) is 5.55. The number of rotatable bonds is 8. The molecule has 9 aromatic rings. The van der Waals surface area contributed by atoms with Gasteiger partial charge >= 0.3 is 0 Å². The molecule has 0 bridgehead atoms. The second kappa shape index (κ2) is 14.6. The summed E-state index contributed by atoms with van der Waals surface area (Å²) in [4.78, 5) is 2.61. The molecule has 2 aliphatic carbocycles. The Morgan fingerprint density at radius 2 is 1.32 bits per heavy atom. The van der Waals surface area contributed by atoms with Gasteiger partial charge in [-0.2, -0.15) is 0 Å². The van der Waals surface area contributed by atoms with Gasteiger partial charge in [0.2, 0.25) is 0 Å². The zero-order valence-corrected chi connectivity index (χ0v) is 36.6. The molecular formula is C60H52N2. The van der Waals surface area contributed by atoms with Gasteiger partial charge in [-0.15, -0.1) is 0 Å². The summed E-state index contributed by atoms with van der Waals surface area (Å²) in [5.74, 6) is 0.289. The van der Waals surface area contributed by atoms with Crippen molar-refractivity contribution in [3.63, 3.8) is 0 Å². The fourth-order valence-corrected chi connectivity index (χ4v) is 11.3. The number of hydrogen-bond acceptors (Lipinski definition) is 1. The molecule has 302 valence electrons. The molecule has 0 saturated heterocycles. The molecule has 11 rings (SSSR count). The van der Waals surface area contributed by atoms with E-state index < -0.39 is 0 Å². The van der Waals surface area contributed by atoms with E-state index in [1.807, 2.05) is 0 Å². The van der Waals surface area contributed by atoms with Gasteiger partial charge in [-0.1, -0.05) is 161 Å². The maximum absolute atomic E-state index is 2.61. The summed E-state index contributed by atoms with van der Waals surface area (Å²) in [6, 6.07) is 59.8. The largest absolute Gasteiger partial charge is 0.344 e. The fourth-order valence-electron chi connectivity index (χ4n) is 11.3. The number of para-hydroxylation sites is 1. The van der Waals surface area contributed by atoms with E-state index >= 15 is 0 Å². The van der Waals surface area contributed by atoms with Gasteiger partial charge in [0, 0.05) is 45.7 Å². The summed E-state index contributed by atoms with van der Waals surface area (Å²) in [5, 5.41) is 5.09. The van der Waals surface area contributed by atoms with Crippen LogP contribution in [0.3, 0.4) is 0 Å². The van der Waals surface area contributed by atoms with Gasteiger partial charge in [0.25, 0.3) is 0 Å². The maximum atomic E-state index is 2.61. The third-order valence-electron chi connectivity index (χ3n) is 14.0. The lowest BCUT2D eigenvalue weighted by molar-refractivity contribution is 0.662. The number of aromatic nitrogens is 1. The van der Waals surface area contributed by atoms with Crippen molar-refractivity contribution in [1.82, 2.24) is 4.57 Å². The molecule has 1 heterocycles. The molecule has 1 unspecified atom stereocenters. The zero-order chi connectivity index (χ0) is 42.3. The molecule has 1 aromatic heterocycles. The summed E-state index contributed by atoms with van der Waals surface area (Å²) < 4.78 is 2.37. The molecule has 2 nitrogen and oxygen atoms in total. The van der Waals surface area contributed by atoms with E-state index in [0.29, 0.717) is 0 Å². The zero-order valence-electron chi connectivity index (χ0n) is 36.6. The van der Waals surface area contributed by atoms with Gasteiger partial charge in [0.05, 0.1) is 16.9 Å². The van der Waals surface area contributed by atoms with Crippen LogP contribution >= 0.6 is 0 Å². The molecular weight excluding hydrogens is 749 g/mol. The average Bonchev–Trinajstić information content (AvgIpc) is 3.88. The van der Waals surface area contributed by atoms with E-state index in [-0.39, 0.29) is 11.3 Å². The molecule has 2 heteroatoms. The first kappa shape index (κ1) is 38.1. The SMILES string of the molecule is C/C=C\C(=C/CC)c1cc(-c2ccccc2)c2c(c1)-c1c(cc(N(c3ccc4c5ccccc5n(C)c4c3)c3cccc4c3C(CC)c3ccccc3-4)c3ccccc13)C2(C)C. The van der Waals surface area contributed by atoms with Crippen molar-refractivity contribution in [3.8, 4) is 33.4 Å². The van der Waals surface area contributed by atoms with Crippen molar-refractivity contribution >= 4 is 55.2 Å². The van der Waals surface area contributed by atoms with Crippen LogP contribution in [0.5, 0.6) is 0 Å². The van der Waals surface area contributed by atoms with Crippen LogP contribution < -0.4 is 4.90 Å². The predicted octanol–water partition coefficient (Wildman–Crippen LogP) is 16.8. The lowest BCUT2D eigenvalue weighted by Gasteiger charge is -2.32. The van der Waals surface area contributed by atoms with E-state index in [1.165, 1.54) is 111 Å². The van der Waals surface area contributed by atoms with E-state index in [4.69, 9.17) is 0 Å². The van der Waals surface area contributed by atoms with Crippen LogP contribution in [0, 0.1) is 0 Å². The highest BCUT2D eigenvalue weighted by atomic mass is 15.1. The number of allylic oxidation sites excluding steroid dienone is 4. The standard InChI is InChI=1S/C60H52N2/c1-7-20-38(21-8-2)40-34-50(39-22-11-10-12-23-39)59-51(35-40)57-49-28-16-15-27-46(49)56(37-52(57)60(59,4)5)62(41-32-33-47-45-26-17-18-30-53(45)61(6)55(47)36-41)54-31-19-29-48-44-25-14-13-24-43(44)42(9-3)58(48)54/h7,10-37,42H,8-9H2,1-6H3/b20-7-,38-21+. The van der Waals surface area contributed by atoms with Crippen LogP contribution in [0.4, 0.5) is 17.1 Å². The smallest absolute Gasteiger partial charge is 0.0543 e.